The van der Waals surface area contributed by atoms with Gasteiger partial charge in [-0.1, -0.05) is 30.3 Å². The summed E-state index contributed by atoms with van der Waals surface area (Å²) in [6.45, 7) is 0. The van der Waals surface area contributed by atoms with E-state index in [9.17, 15) is 0 Å². The normalized spacial score (nSPS) is 11.2. The Morgan fingerprint density at radius 1 is 0.789 bits per heavy atom. The number of rotatable bonds is 1. The van der Waals surface area contributed by atoms with Gasteiger partial charge in [0.1, 0.15) is 5.52 Å². The van der Waals surface area contributed by atoms with Crippen LogP contribution in [0.5, 0.6) is 0 Å². The quantitative estimate of drug-likeness (QED) is 0.508. The van der Waals surface area contributed by atoms with Gasteiger partial charge in [0.2, 0.25) is 5.89 Å². The maximum Gasteiger partial charge on any atom is 0.228 e. The summed E-state index contributed by atoms with van der Waals surface area (Å²) >= 11 is 0. The molecule has 2 aromatic carbocycles. The maximum absolute atomic E-state index is 5.82. The topological polar surface area (TPSA) is 38.9 Å². The lowest BCUT2D eigenvalue weighted by molar-refractivity contribution is 0.620. The molecule has 0 unspecified atom stereocenters. The van der Waals surface area contributed by atoms with Crippen molar-refractivity contribution in [2.24, 2.45) is 0 Å². The van der Waals surface area contributed by atoms with Crippen molar-refractivity contribution in [1.29, 1.82) is 0 Å². The number of oxazole rings is 1. The van der Waals surface area contributed by atoms with E-state index in [4.69, 9.17) is 4.42 Å². The molecule has 0 N–H and O–H groups in total. The van der Waals surface area contributed by atoms with Crippen molar-refractivity contribution < 1.29 is 4.42 Å². The highest BCUT2D eigenvalue weighted by Crippen LogP contribution is 2.29. The first-order valence-corrected chi connectivity index (χ1v) is 6.11. The lowest BCUT2D eigenvalue weighted by Crippen LogP contribution is -1.83. The monoisotopic (exact) mass is 246 g/mol. The van der Waals surface area contributed by atoms with Crippen molar-refractivity contribution in [3.05, 3.63) is 60.8 Å². The number of hydrogen-bond donors (Lipinski definition) is 0. The largest absolute Gasteiger partial charge is 0.436 e. The summed E-state index contributed by atoms with van der Waals surface area (Å²) in [5.41, 5.74) is 3.60. The first kappa shape index (κ1) is 10.3. The predicted molar refractivity (Wildman–Crippen MR) is 74.7 cm³/mol. The first-order valence-electron chi connectivity index (χ1n) is 6.11. The van der Waals surface area contributed by atoms with E-state index in [1.807, 2.05) is 54.6 Å². The van der Waals surface area contributed by atoms with Gasteiger partial charge in [-0.15, -0.1) is 0 Å². The van der Waals surface area contributed by atoms with Gasteiger partial charge >= 0.3 is 0 Å². The zero-order valence-electron chi connectivity index (χ0n) is 10.1. The first-order chi connectivity index (χ1) is 9.42. The fraction of sp³-hybridized carbons (Fsp3) is 0. The third-order valence-electron chi connectivity index (χ3n) is 3.17. The maximum atomic E-state index is 5.82. The molecule has 0 radical (unpaired) electrons. The molecule has 0 saturated carbocycles. The second-order valence-electron chi connectivity index (χ2n) is 4.36. The van der Waals surface area contributed by atoms with E-state index in [1.54, 1.807) is 6.20 Å². The summed E-state index contributed by atoms with van der Waals surface area (Å²) in [5.74, 6) is 0.639. The van der Waals surface area contributed by atoms with Crippen molar-refractivity contribution in [3.63, 3.8) is 0 Å². The van der Waals surface area contributed by atoms with Crippen LogP contribution in [0.1, 0.15) is 0 Å². The van der Waals surface area contributed by atoms with E-state index >= 15 is 0 Å². The minimum atomic E-state index is 0.639. The molecule has 0 fully saturated rings. The molecule has 0 aliphatic carbocycles. The Bertz CT molecular complexity index is 842. The van der Waals surface area contributed by atoms with E-state index < -0.39 is 0 Å². The fourth-order valence-corrected chi connectivity index (χ4v) is 2.27. The zero-order valence-corrected chi connectivity index (χ0v) is 10.1. The van der Waals surface area contributed by atoms with Crippen LogP contribution in [0.3, 0.4) is 0 Å². The fourth-order valence-electron chi connectivity index (χ4n) is 2.27. The summed E-state index contributed by atoms with van der Waals surface area (Å²) in [4.78, 5) is 8.89. The Morgan fingerprint density at radius 2 is 1.58 bits per heavy atom. The van der Waals surface area contributed by atoms with Gasteiger partial charge in [0, 0.05) is 17.1 Å². The van der Waals surface area contributed by atoms with Crippen molar-refractivity contribution in [1.82, 2.24) is 9.97 Å². The lowest BCUT2D eigenvalue weighted by Gasteiger charge is -2.01. The van der Waals surface area contributed by atoms with Crippen LogP contribution in [0.15, 0.2) is 65.2 Å². The number of hydrogen-bond acceptors (Lipinski definition) is 3. The van der Waals surface area contributed by atoms with E-state index in [1.165, 1.54) is 0 Å². The molecule has 19 heavy (non-hydrogen) atoms. The molecule has 3 nitrogen and oxygen atoms in total. The van der Waals surface area contributed by atoms with E-state index in [0.717, 1.165) is 27.6 Å². The van der Waals surface area contributed by atoms with Crippen molar-refractivity contribution >= 4 is 22.0 Å². The third-order valence-corrected chi connectivity index (χ3v) is 3.17. The lowest BCUT2D eigenvalue weighted by atomic mass is 10.1. The van der Waals surface area contributed by atoms with Crippen LogP contribution in [0.2, 0.25) is 0 Å². The highest BCUT2D eigenvalue weighted by Gasteiger charge is 2.10. The van der Waals surface area contributed by atoms with Crippen LogP contribution in [-0.2, 0) is 0 Å². The van der Waals surface area contributed by atoms with Gasteiger partial charge in [-0.25, -0.2) is 4.98 Å². The SMILES string of the molecule is c1ccc2oc(-c3ccnc4ccccc34)nc2c1. The zero-order chi connectivity index (χ0) is 12.7. The van der Waals surface area contributed by atoms with Gasteiger partial charge in [0.25, 0.3) is 0 Å². The van der Waals surface area contributed by atoms with E-state index in [2.05, 4.69) is 9.97 Å². The average molecular weight is 246 g/mol. The predicted octanol–water partition coefficient (Wildman–Crippen LogP) is 4.04. The Kier molecular flexibility index (Phi) is 2.12. The molecule has 0 bridgehead atoms. The number of benzene rings is 2. The molecular weight excluding hydrogens is 236 g/mol. The summed E-state index contributed by atoms with van der Waals surface area (Å²) < 4.78 is 5.82. The molecule has 3 heteroatoms. The molecule has 4 rings (SSSR count). The minimum Gasteiger partial charge on any atom is -0.436 e. The number of para-hydroxylation sites is 3. The molecule has 0 amide bonds. The summed E-state index contributed by atoms with van der Waals surface area (Å²) in [5, 5.41) is 1.05. The van der Waals surface area contributed by atoms with Gasteiger partial charge < -0.3 is 4.42 Å². The molecular formula is C16H10N2O. The van der Waals surface area contributed by atoms with Crippen LogP contribution >= 0.6 is 0 Å². The second kappa shape index (κ2) is 3.92. The highest BCUT2D eigenvalue weighted by atomic mass is 16.3. The molecule has 2 heterocycles. The number of pyridine rings is 1. The van der Waals surface area contributed by atoms with Crippen LogP contribution in [-0.4, -0.2) is 9.97 Å². The van der Waals surface area contributed by atoms with Crippen molar-refractivity contribution in [2.75, 3.05) is 0 Å². The summed E-state index contributed by atoms with van der Waals surface area (Å²) in [6, 6.07) is 17.7. The molecule has 0 aliphatic heterocycles. The number of nitrogens with zero attached hydrogens (tertiary/aromatic N) is 2. The van der Waals surface area contributed by atoms with Crippen LogP contribution in [0.4, 0.5) is 0 Å². The Balaban J connectivity index is 2.03. The molecule has 0 aliphatic rings. The van der Waals surface area contributed by atoms with E-state index in [-0.39, 0.29) is 0 Å². The Labute approximate surface area is 109 Å². The summed E-state index contributed by atoms with van der Waals surface area (Å²) in [6.07, 6.45) is 1.78. The average Bonchev–Trinajstić information content (AvgIpc) is 2.90. The van der Waals surface area contributed by atoms with Gasteiger partial charge in [0.05, 0.1) is 5.52 Å². The van der Waals surface area contributed by atoms with Crippen LogP contribution in [0.25, 0.3) is 33.5 Å². The highest BCUT2D eigenvalue weighted by molar-refractivity contribution is 5.93. The van der Waals surface area contributed by atoms with Gasteiger partial charge in [-0.3, -0.25) is 4.98 Å². The van der Waals surface area contributed by atoms with Crippen LogP contribution in [0, 0.1) is 0 Å². The molecule has 4 aromatic rings. The molecule has 0 saturated heterocycles. The van der Waals surface area contributed by atoms with Crippen molar-refractivity contribution in [3.8, 4) is 11.5 Å². The van der Waals surface area contributed by atoms with Crippen LogP contribution < -0.4 is 0 Å². The van der Waals surface area contributed by atoms with E-state index in [0.29, 0.717) is 5.89 Å². The number of fused-ring (bicyclic) bond motifs is 2. The molecule has 0 atom stereocenters. The molecule has 90 valence electrons. The van der Waals surface area contributed by atoms with Gasteiger partial charge in [0.15, 0.2) is 5.58 Å². The summed E-state index contributed by atoms with van der Waals surface area (Å²) in [7, 11) is 0. The number of aromatic nitrogens is 2. The molecule has 0 spiro atoms. The minimum absolute atomic E-state index is 0.639. The van der Waals surface area contributed by atoms with Crippen molar-refractivity contribution in [2.45, 2.75) is 0 Å². The second-order valence-corrected chi connectivity index (χ2v) is 4.36. The van der Waals surface area contributed by atoms with Gasteiger partial charge in [-0.2, -0.15) is 0 Å². The Hall–Kier alpha value is -2.68. The Morgan fingerprint density at radius 3 is 2.47 bits per heavy atom. The van der Waals surface area contributed by atoms with Gasteiger partial charge in [-0.05, 0) is 24.3 Å². The smallest absolute Gasteiger partial charge is 0.228 e. The molecule has 2 aromatic heterocycles. The standard InChI is InChI=1S/C16H10N2O/c1-2-6-13-11(5-1)12(9-10-17-13)16-18-14-7-3-4-8-15(14)19-16/h1-10H. The third kappa shape index (κ3) is 1.59.